The number of thioether (sulfide) groups is 1. The molecule has 0 saturated heterocycles. The van der Waals surface area contributed by atoms with E-state index in [0.29, 0.717) is 0 Å². The van der Waals surface area contributed by atoms with Gasteiger partial charge in [0.25, 0.3) is 0 Å². The molecule has 1 N–H and O–H groups in total. The van der Waals surface area contributed by atoms with Crippen molar-refractivity contribution in [3.05, 3.63) is 35.5 Å². The van der Waals surface area contributed by atoms with Gasteiger partial charge in [-0.05, 0) is 12.0 Å². The third-order valence-electron chi connectivity index (χ3n) is 3.37. The van der Waals surface area contributed by atoms with Crippen LogP contribution in [0.5, 0.6) is 0 Å². The van der Waals surface area contributed by atoms with Crippen LogP contribution in [0.15, 0.2) is 29.4 Å². The van der Waals surface area contributed by atoms with E-state index in [-0.39, 0.29) is 6.61 Å². The minimum Gasteiger partial charge on any atom is -0.390 e. The molecule has 1 aliphatic heterocycles. The minimum absolute atomic E-state index is 0.0540. The minimum atomic E-state index is 0.0540. The second-order valence-electron chi connectivity index (χ2n) is 4.40. The monoisotopic (exact) mass is 260 g/mol. The average Bonchev–Trinajstić information content (AvgIpc) is 2.98. The Bertz CT molecular complexity index is 560. The predicted octanol–water partition coefficient (Wildman–Crippen LogP) is 2.71. The summed E-state index contributed by atoms with van der Waals surface area (Å²) in [7, 11) is 0. The van der Waals surface area contributed by atoms with Gasteiger partial charge in [0.05, 0.1) is 18.0 Å². The molecule has 0 unspecified atom stereocenters. The number of nitrogens with zero attached hydrogens (tertiary/aromatic N) is 2. The van der Waals surface area contributed by atoms with Crippen LogP contribution < -0.4 is 0 Å². The van der Waals surface area contributed by atoms with Crippen molar-refractivity contribution in [2.75, 3.05) is 5.75 Å². The van der Waals surface area contributed by atoms with E-state index in [1.807, 2.05) is 0 Å². The Hall–Kier alpha value is -1.26. The number of benzene rings is 1. The maximum Gasteiger partial charge on any atom is 0.168 e. The second-order valence-corrected chi connectivity index (χ2v) is 5.46. The Morgan fingerprint density at radius 1 is 1.33 bits per heavy atom. The summed E-state index contributed by atoms with van der Waals surface area (Å²) in [6.45, 7) is 3.16. The number of rotatable bonds is 3. The molecule has 3 rings (SSSR count). The molecule has 0 aliphatic carbocycles. The molecule has 0 atom stereocenters. The highest BCUT2D eigenvalue weighted by Gasteiger charge is 2.21. The molecule has 94 valence electrons. The Morgan fingerprint density at radius 2 is 2.11 bits per heavy atom. The molecule has 0 spiro atoms. The van der Waals surface area contributed by atoms with Gasteiger partial charge in [0.1, 0.15) is 0 Å². The summed E-state index contributed by atoms with van der Waals surface area (Å²) in [6.07, 6.45) is 1.04. The zero-order valence-electron chi connectivity index (χ0n) is 10.4. The lowest BCUT2D eigenvalue weighted by atomic mass is 10.1. The Labute approximate surface area is 111 Å². The SMILES string of the molecule is CCc1ccc(-c2nc3n(c2CO)CCS3)cc1. The van der Waals surface area contributed by atoms with Crippen LogP contribution in [0.2, 0.25) is 0 Å². The van der Waals surface area contributed by atoms with E-state index < -0.39 is 0 Å². The van der Waals surface area contributed by atoms with Gasteiger partial charge in [0.2, 0.25) is 0 Å². The average molecular weight is 260 g/mol. The van der Waals surface area contributed by atoms with Crippen LogP contribution in [0.1, 0.15) is 18.2 Å². The lowest BCUT2D eigenvalue weighted by molar-refractivity contribution is 0.271. The topological polar surface area (TPSA) is 38.0 Å². The van der Waals surface area contributed by atoms with Crippen LogP contribution >= 0.6 is 11.8 Å². The fourth-order valence-corrected chi connectivity index (χ4v) is 3.29. The predicted molar refractivity (Wildman–Crippen MR) is 73.7 cm³/mol. The van der Waals surface area contributed by atoms with Crippen molar-refractivity contribution in [3.63, 3.8) is 0 Å². The molecule has 3 nitrogen and oxygen atoms in total. The molecule has 1 aromatic carbocycles. The van der Waals surface area contributed by atoms with Crippen LogP contribution in [-0.2, 0) is 19.6 Å². The molecule has 2 aromatic rings. The van der Waals surface area contributed by atoms with Crippen molar-refractivity contribution in [1.82, 2.24) is 9.55 Å². The van der Waals surface area contributed by atoms with Crippen LogP contribution in [-0.4, -0.2) is 20.4 Å². The molecule has 0 amide bonds. The van der Waals surface area contributed by atoms with Crippen molar-refractivity contribution >= 4 is 11.8 Å². The van der Waals surface area contributed by atoms with Crippen LogP contribution in [0.4, 0.5) is 0 Å². The fraction of sp³-hybridized carbons (Fsp3) is 0.357. The third-order valence-corrected chi connectivity index (χ3v) is 4.33. The lowest BCUT2D eigenvalue weighted by Gasteiger charge is -2.05. The summed E-state index contributed by atoms with van der Waals surface area (Å²) in [5.41, 5.74) is 4.30. The molecule has 1 aliphatic rings. The first-order valence-corrected chi connectivity index (χ1v) is 7.24. The van der Waals surface area contributed by atoms with Gasteiger partial charge in [0.15, 0.2) is 5.16 Å². The maximum atomic E-state index is 9.56. The van der Waals surface area contributed by atoms with E-state index in [1.54, 1.807) is 11.8 Å². The molecule has 0 saturated carbocycles. The number of hydrogen-bond acceptors (Lipinski definition) is 3. The van der Waals surface area contributed by atoms with Gasteiger partial charge < -0.3 is 9.67 Å². The first-order valence-electron chi connectivity index (χ1n) is 6.26. The standard InChI is InChI=1S/C14H16N2OS/c1-2-10-3-5-11(6-4-10)13-12(9-17)16-7-8-18-14(16)15-13/h3-6,17H,2,7-9H2,1H3. The molecule has 1 aromatic heterocycles. The number of aryl methyl sites for hydroxylation is 1. The van der Waals surface area contributed by atoms with Gasteiger partial charge in [-0.2, -0.15) is 0 Å². The summed E-state index contributed by atoms with van der Waals surface area (Å²) in [5.74, 6) is 1.06. The highest BCUT2D eigenvalue weighted by molar-refractivity contribution is 7.99. The zero-order valence-corrected chi connectivity index (χ0v) is 11.2. The molecule has 0 bridgehead atoms. The molecule has 0 fully saturated rings. The quantitative estimate of drug-likeness (QED) is 0.922. The first-order chi connectivity index (χ1) is 8.83. The third kappa shape index (κ3) is 1.85. The van der Waals surface area contributed by atoms with Crippen molar-refractivity contribution in [2.45, 2.75) is 31.7 Å². The zero-order chi connectivity index (χ0) is 12.5. The fourth-order valence-electron chi connectivity index (χ4n) is 2.32. The Morgan fingerprint density at radius 3 is 2.78 bits per heavy atom. The van der Waals surface area contributed by atoms with Gasteiger partial charge in [-0.3, -0.25) is 0 Å². The number of aliphatic hydroxyl groups excluding tert-OH is 1. The maximum absolute atomic E-state index is 9.56. The van der Waals surface area contributed by atoms with Crippen LogP contribution in [0, 0.1) is 0 Å². The molecule has 0 radical (unpaired) electrons. The molecule has 2 heterocycles. The van der Waals surface area contributed by atoms with Gasteiger partial charge in [-0.15, -0.1) is 0 Å². The lowest BCUT2D eigenvalue weighted by Crippen LogP contribution is -2.01. The van der Waals surface area contributed by atoms with E-state index in [9.17, 15) is 5.11 Å². The molecular weight excluding hydrogens is 244 g/mol. The number of hydrogen-bond donors (Lipinski definition) is 1. The van der Waals surface area contributed by atoms with Gasteiger partial charge >= 0.3 is 0 Å². The number of aromatic nitrogens is 2. The normalized spacial score (nSPS) is 13.9. The van der Waals surface area contributed by atoms with Crippen LogP contribution in [0.3, 0.4) is 0 Å². The summed E-state index contributed by atoms with van der Waals surface area (Å²) >= 11 is 1.76. The van der Waals surface area contributed by atoms with Crippen molar-refractivity contribution in [3.8, 4) is 11.3 Å². The number of imidazole rings is 1. The van der Waals surface area contributed by atoms with E-state index >= 15 is 0 Å². The first kappa shape index (κ1) is 11.8. The van der Waals surface area contributed by atoms with E-state index in [1.165, 1.54) is 5.56 Å². The Balaban J connectivity index is 2.05. The highest BCUT2D eigenvalue weighted by Crippen LogP contribution is 2.33. The molecular formula is C14H16N2OS. The number of fused-ring (bicyclic) bond motifs is 1. The van der Waals surface area contributed by atoms with E-state index in [4.69, 9.17) is 0 Å². The Kier molecular flexibility index (Phi) is 3.14. The van der Waals surface area contributed by atoms with Crippen LogP contribution in [0.25, 0.3) is 11.3 Å². The smallest absolute Gasteiger partial charge is 0.168 e. The van der Waals surface area contributed by atoms with E-state index in [0.717, 1.165) is 40.8 Å². The van der Waals surface area contributed by atoms with E-state index in [2.05, 4.69) is 40.7 Å². The molecule has 18 heavy (non-hydrogen) atoms. The largest absolute Gasteiger partial charge is 0.390 e. The molecule has 4 heteroatoms. The second kappa shape index (κ2) is 4.78. The summed E-state index contributed by atoms with van der Waals surface area (Å²) < 4.78 is 2.13. The number of aliphatic hydroxyl groups is 1. The summed E-state index contributed by atoms with van der Waals surface area (Å²) in [4.78, 5) is 4.65. The van der Waals surface area contributed by atoms with Crippen molar-refractivity contribution < 1.29 is 5.11 Å². The summed E-state index contributed by atoms with van der Waals surface area (Å²) in [6, 6.07) is 8.46. The van der Waals surface area contributed by atoms with Gasteiger partial charge in [-0.25, -0.2) is 4.98 Å². The summed E-state index contributed by atoms with van der Waals surface area (Å²) in [5, 5.41) is 10.6. The highest BCUT2D eigenvalue weighted by atomic mass is 32.2. The van der Waals surface area contributed by atoms with Gasteiger partial charge in [-0.1, -0.05) is 43.0 Å². The van der Waals surface area contributed by atoms with Gasteiger partial charge in [0, 0.05) is 17.9 Å². The van der Waals surface area contributed by atoms with Crippen molar-refractivity contribution in [2.24, 2.45) is 0 Å². The van der Waals surface area contributed by atoms with Crippen molar-refractivity contribution in [1.29, 1.82) is 0 Å².